The first kappa shape index (κ1) is 19.8. The number of piperazine rings is 1. The summed E-state index contributed by atoms with van der Waals surface area (Å²) in [6.07, 6.45) is 0. The molecule has 1 aromatic carbocycles. The van der Waals surface area contributed by atoms with Gasteiger partial charge in [-0.1, -0.05) is 0 Å². The van der Waals surface area contributed by atoms with Gasteiger partial charge in [-0.25, -0.2) is 14.4 Å². The molecule has 0 unspecified atom stereocenters. The van der Waals surface area contributed by atoms with Gasteiger partial charge in [-0.05, 0) is 44.2 Å². The zero-order chi connectivity index (χ0) is 20.9. The molecule has 0 radical (unpaired) electrons. The summed E-state index contributed by atoms with van der Waals surface area (Å²) in [4.78, 5) is 22.5. The van der Waals surface area contributed by atoms with Crippen LogP contribution in [0.4, 0.5) is 5.69 Å². The summed E-state index contributed by atoms with van der Waals surface area (Å²) in [5.74, 6) is -0.914. The monoisotopic (exact) mass is 411 g/mol. The number of nitrogens with zero attached hydrogens (tertiary/aromatic N) is 4. The average Bonchev–Trinajstić information content (AvgIpc) is 2.66. The van der Waals surface area contributed by atoms with E-state index >= 15 is 0 Å². The van der Waals surface area contributed by atoms with E-state index in [1.54, 1.807) is 0 Å². The molecule has 2 heterocycles. The van der Waals surface area contributed by atoms with Crippen LogP contribution in [0.15, 0.2) is 18.2 Å². The fraction of sp³-hybridized carbons (Fsp3) is 0.409. The molecule has 0 atom stereocenters. The van der Waals surface area contributed by atoms with Crippen LogP contribution < -0.4 is 14.8 Å². The first-order valence-electron chi connectivity index (χ1n) is 9.82. The Hall–Kier alpha value is -2.51. The zero-order valence-corrected chi connectivity index (χ0v) is 18.4. The van der Waals surface area contributed by atoms with E-state index in [0.29, 0.717) is 10.9 Å². The molecule has 1 saturated heterocycles. The van der Waals surface area contributed by atoms with Crippen molar-refractivity contribution < 1.29 is 9.90 Å². The van der Waals surface area contributed by atoms with Crippen molar-refractivity contribution in [3.8, 4) is 10.6 Å². The van der Waals surface area contributed by atoms with Gasteiger partial charge in [-0.2, -0.15) is 0 Å². The van der Waals surface area contributed by atoms with Crippen LogP contribution in [-0.2, 0) is 0 Å². The molecule has 152 valence electrons. The van der Waals surface area contributed by atoms with E-state index in [4.69, 9.17) is 4.98 Å². The van der Waals surface area contributed by atoms with E-state index < -0.39 is 5.97 Å². The van der Waals surface area contributed by atoms with E-state index in [1.807, 2.05) is 31.7 Å². The third-order valence-electron chi connectivity index (χ3n) is 5.68. The highest BCUT2D eigenvalue weighted by molar-refractivity contribution is 7.21. The molecule has 4 rings (SSSR count). The number of fused-ring (bicyclic) bond motifs is 2. The number of hydrogen-bond acceptors (Lipinski definition) is 5. The standard InChI is InChI=1S/C22H26N4O2S/c1-13-10-15(26-8-6-25(5)7-9-26)12-17-19(13)23-20-14(2)11-16(24(3)4)18(22(27)28)21(20)29-17/h10-12H,6-9H2,1-5H3/p+1. The second kappa shape index (κ2) is 7.39. The summed E-state index contributed by atoms with van der Waals surface area (Å²) < 4.78 is 2.89. The van der Waals surface area contributed by atoms with E-state index in [9.17, 15) is 9.90 Å². The fourth-order valence-electron chi connectivity index (χ4n) is 3.98. The van der Waals surface area contributed by atoms with Crippen LogP contribution in [0.2, 0.25) is 0 Å². The number of aromatic nitrogens is 1. The molecule has 0 aromatic heterocycles. The second-order valence-electron chi connectivity index (χ2n) is 8.08. The van der Waals surface area contributed by atoms with Crippen molar-refractivity contribution in [1.29, 1.82) is 0 Å². The number of rotatable bonds is 2. The van der Waals surface area contributed by atoms with Gasteiger partial charge in [0.05, 0.1) is 20.8 Å². The van der Waals surface area contributed by atoms with Gasteiger partial charge >= 0.3 is 5.97 Å². The van der Waals surface area contributed by atoms with Crippen molar-refractivity contribution in [2.45, 2.75) is 13.8 Å². The average molecular weight is 412 g/mol. The minimum absolute atomic E-state index is 0.331. The van der Waals surface area contributed by atoms with Crippen molar-refractivity contribution >= 4 is 33.2 Å². The molecule has 0 spiro atoms. The number of likely N-dealkylation sites (N-methyl/N-ethyl adjacent to an activating group) is 1. The van der Waals surface area contributed by atoms with Gasteiger partial charge in [0.15, 0.2) is 0 Å². The molecule has 1 N–H and O–H groups in total. The Labute approximate surface area is 174 Å². The Kier molecular flexibility index (Phi) is 5.04. The van der Waals surface area contributed by atoms with Crippen LogP contribution in [0.3, 0.4) is 0 Å². The maximum atomic E-state index is 12.1. The van der Waals surface area contributed by atoms with Gasteiger partial charge in [0, 0.05) is 37.9 Å². The predicted octanol–water partition coefficient (Wildman–Crippen LogP) is 2.50. The lowest BCUT2D eigenvalue weighted by Crippen LogP contribution is -2.44. The summed E-state index contributed by atoms with van der Waals surface area (Å²) >= 11 is 1.54. The number of benzene rings is 2. The van der Waals surface area contributed by atoms with Crippen molar-refractivity contribution in [3.05, 3.63) is 40.2 Å². The summed E-state index contributed by atoms with van der Waals surface area (Å²) in [6, 6.07) is 6.31. The molecular formula is C22H27N4O2S+. The van der Waals surface area contributed by atoms with Gasteiger partial charge in [-0.3, -0.25) is 0 Å². The first-order valence-corrected chi connectivity index (χ1v) is 10.6. The normalized spacial score (nSPS) is 15.3. The van der Waals surface area contributed by atoms with Crippen LogP contribution in [-0.4, -0.2) is 68.3 Å². The molecule has 3 aliphatic rings. The van der Waals surface area contributed by atoms with Crippen molar-refractivity contribution in [1.82, 2.24) is 14.5 Å². The van der Waals surface area contributed by atoms with Crippen molar-refractivity contribution in [2.75, 3.05) is 52.2 Å². The number of anilines is 1. The fourth-order valence-corrected chi connectivity index (χ4v) is 5.28. The summed E-state index contributed by atoms with van der Waals surface area (Å²) in [5, 5.41) is 10.7. The Balaban J connectivity index is 1.99. The minimum atomic E-state index is -0.914. The SMILES string of the molecule is Cc1cc(=[N+](C)C)c(C(=O)O)c2sc3cc(N4CCN(C)CC4)cc(C)c3nc1-2. The van der Waals surface area contributed by atoms with E-state index in [2.05, 4.69) is 35.9 Å². The number of aryl methyl sites for hydroxylation is 2. The van der Waals surface area contributed by atoms with E-state index in [0.717, 1.165) is 58.1 Å². The van der Waals surface area contributed by atoms with Gasteiger partial charge in [0.1, 0.15) is 19.7 Å². The van der Waals surface area contributed by atoms with Gasteiger partial charge in [0.25, 0.3) is 0 Å². The molecule has 1 aliphatic carbocycles. The lowest BCUT2D eigenvalue weighted by Gasteiger charge is -2.34. The Morgan fingerprint density at radius 3 is 2.41 bits per heavy atom. The smallest absolute Gasteiger partial charge is 0.344 e. The quantitative estimate of drug-likeness (QED) is 0.519. The molecule has 0 saturated carbocycles. The van der Waals surface area contributed by atoms with Crippen molar-refractivity contribution in [3.63, 3.8) is 0 Å². The van der Waals surface area contributed by atoms with Gasteiger partial charge in [0.2, 0.25) is 5.36 Å². The molecule has 0 amide bonds. The predicted molar refractivity (Wildman–Crippen MR) is 120 cm³/mol. The molecule has 7 heteroatoms. The maximum Gasteiger partial charge on any atom is 0.344 e. The molecule has 2 aliphatic heterocycles. The summed E-state index contributed by atoms with van der Waals surface area (Å²) in [7, 11) is 5.91. The van der Waals surface area contributed by atoms with Crippen LogP contribution in [0.5, 0.6) is 0 Å². The number of carbonyl (C=O) groups is 1. The molecule has 6 nitrogen and oxygen atoms in total. The topological polar surface area (TPSA) is 59.7 Å². The second-order valence-corrected chi connectivity index (χ2v) is 9.13. The highest BCUT2D eigenvalue weighted by Gasteiger charge is 2.25. The lowest BCUT2D eigenvalue weighted by atomic mass is 10.0. The molecular weight excluding hydrogens is 384 g/mol. The van der Waals surface area contributed by atoms with Gasteiger partial charge in [-0.15, -0.1) is 11.3 Å². The number of carboxylic acid groups (broad SMARTS) is 1. The third kappa shape index (κ3) is 3.49. The van der Waals surface area contributed by atoms with E-state index in [-0.39, 0.29) is 0 Å². The molecule has 1 aromatic rings. The van der Waals surface area contributed by atoms with Crippen LogP contribution >= 0.6 is 11.3 Å². The molecule has 29 heavy (non-hydrogen) atoms. The molecule has 1 fully saturated rings. The summed E-state index contributed by atoms with van der Waals surface area (Å²) in [5.41, 5.74) is 5.38. The lowest BCUT2D eigenvalue weighted by molar-refractivity contribution is 0.0695. The Morgan fingerprint density at radius 2 is 1.79 bits per heavy atom. The largest absolute Gasteiger partial charge is 0.477 e. The highest BCUT2D eigenvalue weighted by atomic mass is 32.1. The van der Waals surface area contributed by atoms with Crippen LogP contribution in [0, 0.1) is 13.8 Å². The first-order chi connectivity index (χ1) is 13.8. The minimum Gasteiger partial charge on any atom is -0.477 e. The third-order valence-corrected chi connectivity index (χ3v) is 6.81. The van der Waals surface area contributed by atoms with E-state index in [1.165, 1.54) is 17.0 Å². The zero-order valence-electron chi connectivity index (χ0n) is 17.6. The van der Waals surface area contributed by atoms with Crippen LogP contribution in [0.1, 0.15) is 21.5 Å². The number of carboxylic acids is 1. The Bertz CT molecular complexity index is 1160. The highest BCUT2D eigenvalue weighted by Crippen LogP contribution is 2.37. The summed E-state index contributed by atoms with van der Waals surface area (Å²) in [6.45, 7) is 8.18. The number of aromatic carboxylic acids is 1. The maximum absolute atomic E-state index is 12.1. The van der Waals surface area contributed by atoms with Crippen molar-refractivity contribution in [2.24, 2.45) is 0 Å². The number of hydrogen-bond donors (Lipinski definition) is 1. The van der Waals surface area contributed by atoms with Gasteiger partial charge < -0.3 is 14.9 Å². The Morgan fingerprint density at radius 1 is 1.10 bits per heavy atom. The molecule has 0 bridgehead atoms. The van der Waals surface area contributed by atoms with Crippen LogP contribution in [0.25, 0.3) is 20.8 Å².